The molecular weight excluding hydrogens is 475 g/mol. The molecule has 1 aromatic heterocycles. The van der Waals surface area contributed by atoms with Crippen LogP contribution < -0.4 is 4.74 Å². The lowest BCUT2D eigenvalue weighted by Crippen LogP contribution is -2.03. The smallest absolute Gasteiger partial charge is 0.120 e. The average Bonchev–Trinajstić information content (AvgIpc) is 2.71. The normalized spacial score (nSPS) is 12.7. The Morgan fingerprint density at radius 3 is 2.59 bits per heavy atom. The molecule has 0 fully saturated rings. The second-order valence-electron chi connectivity index (χ2n) is 7.18. The van der Waals surface area contributed by atoms with Gasteiger partial charge in [0.15, 0.2) is 0 Å². The van der Waals surface area contributed by atoms with Crippen LogP contribution in [0.2, 0.25) is 0 Å². The number of fused-ring (bicyclic) bond motifs is 1. The fraction of sp³-hybridized carbons (Fsp3) is 0.208. The minimum Gasteiger partial charge on any atom is -0.497 e. The molecule has 0 aliphatic heterocycles. The lowest BCUT2D eigenvalue weighted by atomic mass is 9.97. The van der Waals surface area contributed by atoms with Crippen LogP contribution in [-0.4, -0.2) is 31.1 Å². The van der Waals surface area contributed by atoms with E-state index in [1.54, 1.807) is 7.11 Å². The molecule has 4 nitrogen and oxygen atoms in total. The number of rotatable bonds is 7. The number of benzene rings is 2. The van der Waals surface area contributed by atoms with Gasteiger partial charge in [-0.05, 0) is 59.5 Å². The molecule has 0 spiro atoms. The second-order valence-corrected chi connectivity index (χ2v) is 7.69. The van der Waals surface area contributed by atoms with E-state index < -0.39 is 0 Å². The van der Waals surface area contributed by atoms with Crippen molar-refractivity contribution < 1.29 is 7.80 Å². The number of allylic oxidation sites excluding steroid dienone is 2. The van der Waals surface area contributed by atoms with Crippen LogP contribution in [0.15, 0.2) is 67.5 Å². The molecule has 0 saturated heterocycles. The Bertz CT molecular complexity index is 1060. The maximum atomic E-state index is 5.84. The van der Waals surface area contributed by atoms with Crippen LogP contribution in [0.5, 0.6) is 5.75 Å². The SMILES string of the molecule is C=C/C(=C\N(C)C)c1cnc2ccc(C(OI)c3cc(C)cc(OC)c3)cc2c1. The van der Waals surface area contributed by atoms with Crippen LogP contribution in [0.3, 0.4) is 0 Å². The van der Waals surface area contributed by atoms with Crippen molar-refractivity contribution in [1.82, 2.24) is 9.88 Å². The van der Waals surface area contributed by atoms with Gasteiger partial charge >= 0.3 is 0 Å². The van der Waals surface area contributed by atoms with Gasteiger partial charge in [0.2, 0.25) is 0 Å². The van der Waals surface area contributed by atoms with E-state index in [0.717, 1.165) is 44.5 Å². The quantitative estimate of drug-likeness (QED) is 0.290. The molecule has 2 aromatic carbocycles. The van der Waals surface area contributed by atoms with E-state index in [0.29, 0.717) is 0 Å². The van der Waals surface area contributed by atoms with Gasteiger partial charge in [0.1, 0.15) is 34.9 Å². The fourth-order valence-electron chi connectivity index (χ4n) is 3.34. The summed E-state index contributed by atoms with van der Waals surface area (Å²) < 4.78 is 11.3. The molecule has 1 atom stereocenters. The zero-order valence-corrected chi connectivity index (χ0v) is 19.3. The van der Waals surface area contributed by atoms with Crippen molar-refractivity contribution in [3.05, 3.63) is 89.8 Å². The number of halogens is 1. The van der Waals surface area contributed by atoms with Gasteiger partial charge in [-0.3, -0.25) is 4.98 Å². The number of ether oxygens (including phenoxy) is 1. The highest BCUT2D eigenvalue weighted by Crippen LogP contribution is 2.33. The third kappa shape index (κ3) is 4.97. The van der Waals surface area contributed by atoms with Crippen LogP contribution in [0.4, 0.5) is 0 Å². The molecule has 5 heteroatoms. The van der Waals surface area contributed by atoms with Gasteiger partial charge in [-0.15, -0.1) is 0 Å². The van der Waals surface area contributed by atoms with Crippen molar-refractivity contribution in [3.8, 4) is 5.75 Å². The fourth-order valence-corrected chi connectivity index (χ4v) is 3.92. The molecule has 3 rings (SSSR count). The molecule has 29 heavy (non-hydrogen) atoms. The third-order valence-electron chi connectivity index (χ3n) is 4.66. The van der Waals surface area contributed by atoms with Crippen molar-refractivity contribution in [1.29, 1.82) is 0 Å². The number of methoxy groups -OCH3 is 1. The van der Waals surface area contributed by atoms with Crippen LogP contribution in [0, 0.1) is 6.92 Å². The highest BCUT2D eigenvalue weighted by Gasteiger charge is 2.17. The van der Waals surface area contributed by atoms with Crippen LogP contribution in [0.25, 0.3) is 16.5 Å². The number of aryl methyl sites for hydroxylation is 1. The van der Waals surface area contributed by atoms with Gasteiger partial charge in [-0.25, -0.2) is 0 Å². The molecule has 0 aliphatic rings. The first-order valence-electron chi connectivity index (χ1n) is 9.29. The van der Waals surface area contributed by atoms with Gasteiger partial charge in [0.25, 0.3) is 0 Å². The standard InChI is InChI=1S/C24H25IN2O2/c1-6-17(15-27(3)4)21-12-19-11-18(7-8-23(19)26-14-21)24(29-25)20-9-16(2)10-22(13-20)28-5/h6-15,24H,1H2,2-5H3/b17-15+. The third-order valence-corrected chi connectivity index (χ3v) is 5.17. The van der Waals surface area contributed by atoms with Crippen molar-refractivity contribution in [2.24, 2.45) is 0 Å². The van der Waals surface area contributed by atoms with E-state index in [-0.39, 0.29) is 6.10 Å². The summed E-state index contributed by atoms with van der Waals surface area (Å²) in [6.45, 7) is 5.99. The summed E-state index contributed by atoms with van der Waals surface area (Å²) >= 11 is 1.97. The number of hydrogen-bond acceptors (Lipinski definition) is 4. The molecule has 0 N–H and O–H groups in total. The lowest BCUT2D eigenvalue weighted by molar-refractivity contribution is 0.341. The van der Waals surface area contributed by atoms with Gasteiger partial charge in [-0.1, -0.05) is 24.8 Å². The molecule has 3 aromatic rings. The predicted octanol–water partition coefficient (Wildman–Crippen LogP) is 6.10. The van der Waals surface area contributed by atoms with E-state index in [2.05, 4.69) is 42.8 Å². The molecule has 150 valence electrons. The number of aromatic nitrogens is 1. The summed E-state index contributed by atoms with van der Waals surface area (Å²) in [5.74, 6) is 0.827. The first kappa shape index (κ1) is 21.3. The summed E-state index contributed by atoms with van der Waals surface area (Å²) in [5, 5.41) is 1.06. The molecule has 1 heterocycles. The molecule has 0 bridgehead atoms. The van der Waals surface area contributed by atoms with Gasteiger partial charge in [-0.2, -0.15) is 0 Å². The highest BCUT2D eigenvalue weighted by atomic mass is 127. The van der Waals surface area contributed by atoms with E-state index in [1.165, 1.54) is 0 Å². The Balaban J connectivity index is 2.07. The minimum absolute atomic E-state index is 0.200. The summed E-state index contributed by atoms with van der Waals surface area (Å²) in [7, 11) is 5.67. The summed E-state index contributed by atoms with van der Waals surface area (Å²) in [5.41, 5.74) is 6.25. The van der Waals surface area contributed by atoms with E-state index in [4.69, 9.17) is 7.80 Å². The number of hydrogen-bond donors (Lipinski definition) is 0. The highest BCUT2D eigenvalue weighted by molar-refractivity contribution is 14.1. The molecule has 0 saturated carbocycles. The molecule has 0 aliphatic carbocycles. The van der Waals surface area contributed by atoms with Crippen molar-refractivity contribution in [2.75, 3.05) is 21.2 Å². The van der Waals surface area contributed by atoms with Crippen molar-refractivity contribution in [3.63, 3.8) is 0 Å². The largest absolute Gasteiger partial charge is 0.497 e. The maximum absolute atomic E-state index is 5.84. The number of pyridine rings is 1. The Hall–Kier alpha value is -2.38. The van der Waals surface area contributed by atoms with E-state index in [9.17, 15) is 0 Å². The summed E-state index contributed by atoms with van der Waals surface area (Å²) in [6, 6.07) is 14.5. The molecule has 0 radical (unpaired) electrons. The lowest BCUT2D eigenvalue weighted by Gasteiger charge is -2.17. The average molecular weight is 500 g/mol. The zero-order valence-electron chi connectivity index (χ0n) is 17.1. The molecular formula is C24H25IN2O2. The molecule has 0 amide bonds. The Morgan fingerprint density at radius 1 is 1.14 bits per heavy atom. The predicted molar refractivity (Wildman–Crippen MR) is 128 cm³/mol. The van der Waals surface area contributed by atoms with Crippen molar-refractivity contribution >= 4 is 39.5 Å². The van der Waals surface area contributed by atoms with Gasteiger partial charge in [0, 0.05) is 37.4 Å². The Labute approximate surface area is 186 Å². The molecule has 1 unspecified atom stereocenters. The van der Waals surface area contributed by atoms with Gasteiger partial charge in [0.05, 0.1) is 12.6 Å². The number of nitrogens with zero attached hydrogens (tertiary/aromatic N) is 2. The first-order chi connectivity index (χ1) is 13.9. The maximum Gasteiger partial charge on any atom is 0.120 e. The first-order valence-corrected chi connectivity index (χ1v) is 10.2. The summed E-state index contributed by atoms with van der Waals surface area (Å²) in [4.78, 5) is 6.63. The van der Waals surface area contributed by atoms with Crippen LogP contribution in [0.1, 0.15) is 28.4 Å². The van der Waals surface area contributed by atoms with Crippen molar-refractivity contribution in [2.45, 2.75) is 13.0 Å². The summed E-state index contributed by atoms with van der Waals surface area (Å²) in [6.07, 6.45) is 5.57. The second kappa shape index (κ2) is 9.41. The Morgan fingerprint density at radius 2 is 1.93 bits per heavy atom. The van der Waals surface area contributed by atoms with E-state index >= 15 is 0 Å². The van der Waals surface area contributed by atoms with Crippen LogP contribution in [-0.2, 0) is 3.07 Å². The topological polar surface area (TPSA) is 34.6 Å². The van der Waals surface area contributed by atoms with E-state index in [1.807, 2.05) is 78.7 Å². The van der Waals surface area contributed by atoms with Gasteiger partial charge < -0.3 is 12.7 Å². The van der Waals surface area contributed by atoms with Crippen LogP contribution >= 0.6 is 23.0 Å². The minimum atomic E-state index is -0.200. The zero-order chi connectivity index (χ0) is 21.0. The Kier molecular flexibility index (Phi) is 6.92. The monoisotopic (exact) mass is 500 g/mol.